The number of hydrogen-bond donors (Lipinski definition) is 1. The highest BCUT2D eigenvalue weighted by molar-refractivity contribution is 5.91. The van der Waals surface area contributed by atoms with Crippen molar-refractivity contribution < 1.29 is 14.7 Å². The number of carbonyl (C=O) groups is 2. The Balaban J connectivity index is 2.45. The maximum absolute atomic E-state index is 11.0. The molecule has 3 nitrogen and oxygen atoms in total. The summed E-state index contributed by atoms with van der Waals surface area (Å²) in [4.78, 5) is 21.6. The minimum atomic E-state index is -0.942. The zero-order valence-corrected chi connectivity index (χ0v) is 6.91. The summed E-state index contributed by atoms with van der Waals surface area (Å²) in [5.41, 5.74) is 2.09. The Morgan fingerprint density at radius 1 is 1.23 bits per heavy atom. The molecular weight excluding hydrogens is 168 g/mol. The van der Waals surface area contributed by atoms with E-state index in [9.17, 15) is 9.59 Å². The Morgan fingerprint density at radius 2 is 1.92 bits per heavy atom. The lowest BCUT2D eigenvalue weighted by Crippen LogP contribution is -1.97. The lowest BCUT2D eigenvalue weighted by Gasteiger charge is -1.98. The number of hydrogen-bond acceptors (Lipinski definition) is 2. The molecule has 1 N–H and O–H groups in total. The highest BCUT2D eigenvalue weighted by Gasteiger charge is 2.19. The molecule has 1 aromatic rings. The molecule has 2 rings (SSSR count). The van der Waals surface area contributed by atoms with E-state index in [1.165, 1.54) is 0 Å². The zero-order chi connectivity index (χ0) is 9.42. The molecule has 0 fully saturated rings. The monoisotopic (exact) mass is 176 g/mol. The predicted molar refractivity (Wildman–Crippen MR) is 45.8 cm³/mol. The van der Waals surface area contributed by atoms with Gasteiger partial charge in [0, 0.05) is 12.8 Å². The topological polar surface area (TPSA) is 54.4 Å². The molecule has 0 saturated carbocycles. The van der Waals surface area contributed by atoms with Gasteiger partial charge in [0.05, 0.1) is 5.56 Å². The number of rotatable bonds is 1. The Kier molecular flexibility index (Phi) is 1.65. The van der Waals surface area contributed by atoms with Crippen LogP contribution in [0.15, 0.2) is 18.2 Å². The molecule has 0 spiro atoms. The molecule has 0 aromatic heterocycles. The lowest BCUT2D eigenvalue weighted by molar-refractivity contribution is -0.117. The largest absolute Gasteiger partial charge is 0.478 e. The van der Waals surface area contributed by atoms with E-state index in [-0.39, 0.29) is 11.3 Å². The molecule has 0 aliphatic heterocycles. The van der Waals surface area contributed by atoms with E-state index in [2.05, 4.69) is 0 Å². The first-order chi connectivity index (χ1) is 6.16. The van der Waals surface area contributed by atoms with Crippen LogP contribution in [-0.4, -0.2) is 16.9 Å². The zero-order valence-electron chi connectivity index (χ0n) is 6.91. The van der Waals surface area contributed by atoms with Gasteiger partial charge in [-0.3, -0.25) is 4.79 Å². The summed E-state index contributed by atoms with van der Waals surface area (Å²) in [7, 11) is 0. The van der Waals surface area contributed by atoms with Crippen LogP contribution in [0.25, 0.3) is 0 Å². The summed E-state index contributed by atoms with van der Waals surface area (Å²) in [6, 6.07) is 4.85. The van der Waals surface area contributed by atoms with Crippen LogP contribution >= 0.6 is 0 Å². The summed E-state index contributed by atoms with van der Waals surface area (Å²) in [6.07, 6.45) is 0.839. The summed E-state index contributed by atoms with van der Waals surface area (Å²) >= 11 is 0. The molecule has 0 bridgehead atoms. The summed E-state index contributed by atoms with van der Waals surface area (Å²) in [6.45, 7) is 0. The summed E-state index contributed by atoms with van der Waals surface area (Å²) in [5, 5.41) is 8.70. The number of fused-ring (bicyclic) bond motifs is 1. The number of ketones is 1. The van der Waals surface area contributed by atoms with Crippen molar-refractivity contribution in [3.63, 3.8) is 0 Å². The van der Waals surface area contributed by atoms with Gasteiger partial charge in [0.15, 0.2) is 0 Å². The van der Waals surface area contributed by atoms with Gasteiger partial charge in [-0.05, 0) is 23.3 Å². The fourth-order valence-electron chi connectivity index (χ4n) is 1.58. The van der Waals surface area contributed by atoms with Gasteiger partial charge in [-0.15, -0.1) is 0 Å². The predicted octanol–water partition coefficient (Wildman–Crippen LogP) is 1.05. The van der Waals surface area contributed by atoms with E-state index in [0.29, 0.717) is 12.8 Å². The van der Waals surface area contributed by atoms with Crippen LogP contribution in [0.1, 0.15) is 21.5 Å². The number of carbonyl (C=O) groups excluding carboxylic acids is 1. The van der Waals surface area contributed by atoms with E-state index in [0.717, 1.165) is 11.1 Å². The van der Waals surface area contributed by atoms with Crippen LogP contribution in [0.3, 0.4) is 0 Å². The average molecular weight is 176 g/mol. The van der Waals surface area contributed by atoms with E-state index in [1.807, 2.05) is 0 Å². The molecule has 1 aliphatic carbocycles. The van der Waals surface area contributed by atoms with Gasteiger partial charge < -0.3 is 5.11 Å². The molecule has 66 valence electrons. The van der Waals surface area contributed by atoms with E-state index < -0.39 is 5.97 Å². The molecule has 0 atom stereocenters. The standard InChI is InChI=1S/C10H8O3/c11-9-4-6-1-2-7(10(12)13)3-8(6)5-9/h1-3H,4-5H2,(H,12,13). The third kappa shape index (κ3) is 1.33. The molecule has 0 saturated heterocycles. The quantitative estimate of drug-likeness (QED) is 0.695. The van der Waals surface area contributed by atoms with Crippen LogP contribution in [-0.2, 0) is 17.6 Å². The van der Waals surface area contributed by atoms with Crippen LogP contribution in [0.4, 0.5) is 0 Å². The summed E-state index contributed by atoms with van der Waals surface area (Å²) < 4.78 is 0. The first-order valence-electron chi connectivity index (χ1n) is 4.03. The van der Waals surface area contributed by atoms with E-state index >= 15 is 0 Å². The van der Waals surface area contributed by atoms with Crippen molar-refractivity contribution in [1.82, 2.24) is 0 Å². The molecule has 0 heterocycles. The molecular formula is C10H8O3. The second kappa shape index (κ2) is 2.69. The third-order valence-electron chi connectivity index (χ3n) is 2.23. The van der Waals surface area contributed by atoms with Crippen molar-refractivity contribution in [2.45, 2.75) is 12.8 Å². The fourth-order valence-corrected chi connectivity index (χ4v) is 1.58. The Hall–Kier alpha value is -1.64. The Labute approximate surface area is 75.0 Å². The van der Waals surface area contributed by atoms with Crippen LogP contribution in [0, 0.1) is 0 Å². The van der Waals surface area contributed by atoms with Crippen LogP contribution in [0.2, 0.25) is 0 Å². The van der Waals surface area contributed by atoms with E-state index in [1.54, 1.807) is 18.2 Å². The van der Waals surface area contributed by atoms with Gasteiger partial charge in [0.25, 0.3) is 0 Å². The second-order valence-corrected chi connectivity index (χ2v) is 3.18. The van der Waals surface area contributed by atoms with Crippen molar-refractivity contribution >= 4 is 11.8 Å². The minimum absolute atomic E-state index is 0.164. The van der Waals surface area contributed by atoms with Gasteiger partial charge >= 0.3 is 5.97 Å². The molecule has 3 heteroatoms. The molecule has 1 aromatic carbocycles. The molecule has 0 amide bonds. The first kappa shape index (κ1) is 7.98. The highest BCUT2D eigenvalue weighted by atomic mass is 16.4. The SMILES string of the molecule is O=C1Cc2ccc(C(=O)O)cc2C1. The Morgan fingerprint density at radius 3 is 2.62 bits per heavy atom. The van der Waals surface area contributed by atoms with Crippen molar-refractivity contribution in [2.75, 3.05) is 0 Å². The molecule has 1 aliphatic rings. The van der Waals surface area contributed by atoms with Gasteiger partial charge in [-0.2, -0.15) is 0 Å². The molecule has 0 unspecified atom stereocenters. The van der Waals surface area contributed by atoms with Crippen molar-refractivity contribution in [2.24, 2.45) is 0 Å². The lowest BCUT2D eigenvalue weighted by atomic mass is 10.1. The fraction of sp³-hybridized carbons (Fsp3) is 0.200. The van der Waals surface area contributed by atoms with Gasteiger partial charge in [0.2, 0.25) is 0 Å². The smallest absolute Gasteiger partial charge is 0.335 e. The second-order valence-electron chi connectivity index (χ2n) is 3.18. The Bertz CT molecular complexity index is 393. The summed E-state index contributed by atoms with van der Waals surface area (Å²) in [5.74, 6) is -0.778. The highest BCUT2D eigenvalue weighted by Crippen LogP contribution is 2.20. The normalized spacial score (nSPS) is 14.3. The maximum atomic E-state index is 11.0. The number of aromatic carboxylic acids is 1. The third-order valence-corrected chi connectivity index (χ3v) is 2.23. The number of carboxylic acid groups (broad SMARTS) is 1. The van der Waals surface area contributed by atoms with Crippen LogP contribution < -0.4 is 0 Å². The van der Waals surface area contributed by atoms with Gasteiger partial charge in [0.1, 0.15) is 5.78 Å². The number of carboxylic acids is 1. The first-order valence-corrected chi connectivity index (χ1v) is 4.03. The minimum Gasteiger partial charge on any atom is -0.478 e. The number of benzene rings is 1. The van der Waals surface area contributed by atoms with Crippen molar-refractivity contribution in [3.8, 4) is 0 Å². The van der Waals surface area contributed by atoms with Gasteiger partial charge in [-0.1, -0.05) is 6.07 Å². The molecule has 13 heavy (non-hydrogen) atoms. The number of Topliss-reactive ketones (excluding diaryl/α,β-unsaturated/α-hetero) is 1. The van der Waals surface area contributed by atoms with E-state index in [4.69, 9.17) is 5.11 Å². The van der Waals surface area contributed by atoms with Crippen molar-refractivity contribution in [3.05, 3.63) is 34.9 Å². The van der Waals surface area contributed by atoms with Gasteiger partial charge in [-0.25, -0.2) is 4.79 Å². The van der Waals surface area contributed by atoms with Crippen LogP contribution in [0.5, 0.6) is 0 Å². The average Bonchev–Trinajstić information content (AvgIpc) is 2.42. The maximum Gasteiger partial charge on any atom is 0.335 e. The van der Waals surface area contributed by atoms with Crippen molar-refractivity contribution in [1.29, 1.82) is 0 Å². The molecule has 0 radical (unpaired) electrons.